The van der Waals surface area contributed by atoms with Gasteiger partial charge in [-0.25, -0.2) is 0 Å². The molecule has 0 saturated carbocycles. The van der Waals surface area contributed by atoms with Gasteiger partial charge in [-0.2, -0.15) is 13.2 Å². The van der Waals surface area contributed by atoms with E-state index in [2.05, 4.69) is 6.92 Å². The zero-order valence-electron chi connectivity index (χ0n) is 16.1. The molecule has 0 bridgehead atoms. The summed E-state index contributed by atoms with van der Waals surface area (Å²) in [6, 6.07) is 7.25. The molecule has 0 aromatic heterocycles. The molecule has 3 nitrogen and oxygen atoms in total. The lowest BCUT2D eigenvalue weighted by Crippen LogP contribution is -2.55. The fraction of sp³-hybridized carbons (Fsp3) is 0.650. The maximum atomic E-state index is 13.0. The van der Waals surface area contributed by atoms with Gasteiger partial charge in [0.2, 0.25) is 0 Å². The Morgan fingerprint density at radius 3 is 2.04 bits per heavy atom. The number of benzene rings is 1. The van der Waals surface area contributed by atoms with Crippen LogP contribution in [0.1, 0.15) is 64.5 Å². The van der Waals surface area contributed by atoms with Crippen LogP contribution in [0.4, 0.5) is 13.2 Å². The predicted molar refractivity (Wildman–Crippen MR) is 96.8 cm³/mol. The number of carbonyl (C=O) groups is 1. The molecule has 0 radical (unpaired) electrons. The molecule has 2 N–H and O–H groups in total. The van der Waals surface area contributed by atoms with Gasteiger partial charge in [0.15, 0.2) is 0 Å². The Morgan fingerprint density at radius 2 is 1.58 bits per heavy atom. The molecule has 0 heterocycles. The molecule has 0 fully saturated rings. The van der Waals surface area contributed by atoms with Crippen molar-refractivity contribution in [1.82, 2.24) is 0 Å². The second kappa shape index (κ2) is 8.89. The normalized spacial score (nSPS) is 14.8. The highest BCUT2D eigenvalue weighted by molar-refractivity contribution is 5.81. The van der Waals surface area contributed by atoms with Crippen molar-refractivity contribution in [3.63, 3.8) is 0 Å². The predicted octanol–water partition coefficient (Wildman–Crippen LogP) is 4.95. The standard InChI is InChI=1S/C20H30F3NO2/c1-5-6-7-8-15-9-11-16(12-10-15)13-19(24,14-20(21,22)23)17(25)26-18(2,3)4/h9-12H,5-8,13-14,24H2,1-4H3/t19-/m1/s1. The third-order valence-electron chi connectivity index (χ3n) is 3.93. The molecule has 0 unspecified atom stereocenters. The maximum absolute atomic E-state index is 13.0. The topological polar surface area (TPSA) is 52.3 Å². The second-order valence-electron chi connectivity index (χ2n) is 7.90. The van der Waals surface area contributed by atoms with Crippen LogP contribution in [0, 0.1) is 0 Å². The van der Waals surface area contributed by atoms with Gasteiger partial charge in [0.25, 0.3) is 0 Å². The van der Waals surface area contributed by atoms with E-state index >= 15 is 0 Å². The monoisotopic (exact) mass is 373 g/mol. The van der Waals surface area contributed by atoms with Crippen molar-refractivity contribution in [3.8, 4) is 0 Å². The van der Waals surface area contributed by atoms with Gasteiger partial charge in [-0.05, 0) is 44.7 Å². The first-order valence-corrected chi connectivity index (χ1v) is 9.01. The number of alkyl halides is 3. The minimum Gasteiger partial charge on any atom is -0.459 e. The molecule has 0 spiro atoms. The molecule has 0 saturated heterocycles. The van der Waals surface area contributed by atoms with Crippen LogP contribution >= 0.6 is 0 Å². The number of halogens is 3. The third kappa shape index (κ3) is 8.21. The number of esters is 1. The zero-order chi connectivity index (χ0) is 20.0. The lowest BCUT2D eigenvalue weighted by Gasteiger charge is -2.32. The van der Waals surface area contributed by atoms with Crippen molar-refractivity contribution in [2.45, 2.75) is 83.5 Å². The Hall–Kier alpha value is -1.56. The summed E-state index contributed by atoms with van der Waals surface area (Å²) in [5.74, 6) is -1.03. The Labute approximate surface area is 154 Å². The number of unbranched alkanes of at least 4 members (excludes halogenated alkanes) is 2. The van der Waals surface area contributed by atoms with Crippen molar-refractivity contribution in [2.75, 3.05) is 0 Å². The van der Waals surface area contributed by atoms with Gasteiger partial charge in [-0.1, -0.05) is 44.0 Å². The van der Waals surface area contributed by atoms with Crippen LogP contribution in [0.15, 0.2) is 24.3 Å². The van der Waals surface area contributed by atoms with E-state index in [-0.39, 0.29) is 6.42 Å². The third-order valence-corrected chi connectivity index (χ3v) is 3.93. The lowest BCUT2D eigenvalue weighted by atomic mass is 9.87. The van der Waals surface area contributed by atoms with Gasteiger partial charge in [0.1, 0.15) is 11.1 Å². The minimum atomic E-state index is -4.56. The molecule has 26 heavy (non-hydrogen) atoms. The number of ether oxygens (including phenoxy) is 1. The minimum absolute atomic E-state index is 0.226. The summed E-state index contributed by atoms with van der Waals surface area (Å²) in [5, 5.41) is 0. The van der Waals surface area contributed by atoms with Gasteiger partial charge in [-0.3, -0.25) is 4.79 Å². The van der Waals surface area contributed by atoms with Crippen LogP contribution in [0.5, 0.6) is 0 Å². The number of carbonyl (C=O) groups excluding carboxylic acids is 1. The van der Waals surface area contributed by atoms with E-state index in [1.165, 1.54) is 0 Å². The highest BCUT2D eigenvalue weighted by atomic mass is 19.4. The van der Waals surface area contributed by atoms with Crippen molar-refractivity contribution in [2.24, 2.45) is 5.73 Å². The fourth-order valence-corrected chi connectivity index (χ4v) is 2.71. The van der Waals surface area contributed by atoms with E-state index < -0.39 is 29.7 Å². The van der Waals surface area contributed by atoms with E-state index in [4.69, 9.17) is 10.5 Å². The van der Waals surface area contributed by atoms with Crippen molar-refractivity contribution < 1.29 is 22.7 Å². The molecule has 0 aliphatic carbocycles. The molecule has 6 heteroatoms. The van der Waals surface area contributed by atoms with Crippen LogP contribution in [-0.2, 0) is 22.4 Å². The van der Waals surface area contributed by atoms with Crippen LogP contribution < -0.4 is 5.73 Å². The zero-order valence-corrected chi connectivity index (χ0v) is 16.1. The van der Waals surface area contributed by atoms with Crippen molar-refractivity contribution in [3.05, 3.63) is 35.4 Å². The Kier molecular flexibility index (Phi) is 7.69. The van der Waals surface area contributed by atoms with Crippen LogP contribution in [0.2, 0.25) is 0 Å². The fourth-order valence-electron chi connectivity index (χ4n) is 2.71. The molecular weight excluding hydrogens is 343 g/mol. The van der Waals surface area contributed by atoms with Crippen LogP contribution in [0.3, 0.4) is 0 Å². The summed E-state index contributed by atoms with van der Waals surface area (Å²) in [7, 11) is 0. The average molecular weight is 373 g/mol. The number of hydrogen-bond donors (Lipinski definition) is 1. The first-order valence-electron chi connectivity index (χ1n) is 9.01. The van der Waals surface area contributed by atoms with Crippen LogP contribution in [-0.4, -0.2) is 23.3 Å². The SMILES string of the molecule is CCCCCc1ccc(C[C@@](N)(CC(F)(F)F)C(=O)OC(C)(C)C)cc1. The van der Waals surface area contributed by atoms with E-state index in [1.54, 1.807) is 32.9 Å². The molecule has 0 aliphatic heterocycles. The first-order chi connectivity index (χ1) is 11.8. The van der Waals surface area contributed by atoms with E-state index in [1.807, 2.05) is 12.1 Å². The second-order valence-corrected chi connectivity index (χ2v) is 7.90. The van der Waals surface area contributed by atoms with Gasteiger partial charge in [0, 0.05) is 6.42 Å². The molecule has 1 rings (SSSR count). The van der Waals surface area contributed by atoms with Crippen molar-refractivity contribution >= 4 is 5.97 Å². The summed E-state index contributed by atoms with van der Waals surface area (Å²) < 4.78 is 44.1. The summed E-state index contributed by atoms with van der Waals surface area (Å²) in [4.78, 5) is 12.4. The smallest absolute Gasteiger partial charge is 0.391 e. The number of hydrogen-bond acceptors (Lipinski definition) is 3. The Bertz CT molecular complexity index is 576. The van der Waals surface area contributed by atoms with Gasteiger partial charge < -0.3 is 10.5 Å². The summed E-state index contributed by atoms with van der Waals surface area (Å²) in [6.45, 7) is 6.93. The largest absolute Gasteiger partial charge is 0.459 e. The summed E-state index contributed by atoms with van der Waals surface area (Å²) in [6.07, 6.45) is -1.95. The summed E-state index contributed by atoms with van der Waals surface area (Å²) >= 11 is 0. The number of rotatable bonds is 8. The highest BCUT2D eigenvalue weighted by Crippen LogP contribution is 2.30. The quantitative estimate of drug-likeness (QED) is 0.518. The van der Waals surface area contributed by atoms with Gasteiger partial charge >= 0.3 is 12.1 Å². The number of nitrogens with two attached hydrogens (primary N) is 1. The van der Waals surface area contributed by atoms with Crippen LogP contribution in [0.25, 0.3) is 0 Å². The van der Waals surface area contributed by atoms with E-state index in [9.17, 15) is 18.0 Å². The Morgan fingerprint density at radius 1 is 1.04 bits per heavy atom. The highest BCUT2D eigenvalue weighted by Gasteiger charge is 2.47. The molecule has 1 atom stereocenters. The molecule has 1 aromatic rings. The van der Waals surface area contributed by atoms with Gasteiger partial charge in [0.05, 0.1) is 6.42 Å². The number of aryl methyl sites for hydroxylation is 1. The maximum Gasteiger partial charge on any atom is 0.391 e. The molecular formula is C20H30F3NO2. The summed E-state index contributed by atoms with van der Waals surface area (Å²) in [5.41, 5.74) is 4.57. The van der Waals surface area contributed by atoms with Crippen molar-refractivity contribution in [1.29, 1.82) is 0 Å². The Balaban J connectivity index is 2.93. The average Bonchev–Trinajstić information content (AvgIpc) is 2.45. The van der Waals surface area contributed by atoms with E-state index in [0.29, 0.717) is 5.56 Å². The lowest BCUT2D eigenvalue weighted by molar-refractivity contribution is -0.179. The van der Waals surface area contributed by atoms with Gasteiger partial charge in [-0.15, -0.1) is 0 Å². The molecule has 148 valence electrons. The molecule has 0 amide bonds. The first kappa shape index (κ1) is 22.5. The van der Waals surface area contributed by atoms with E-state index in [0.717, 1.165) is 31.2 Å². The molecule has 1 aromatic carbocycles. The molecule has 0 aliphatic rings.